The number of nitrogens with zero attached hydrogens (tertiary/aromatic N) is 2. The van der Waals surface area contributed by atoms with Crippen LogP contribution in [0.5, 0.6) is 0 Å². The maximum atomic E-state index is 13.4. The van der Waals surface area contributed by atoms with E-state index in [9.17, 15) is 14.4 Å². The van der Waals surface area contributed by atoms with Crippen LogP contribution in [0.25, 0.3) is 0 Å². The Labute approximate surface area is 200 Å². The minimum Gasteiger partial charge on any atom is -0.383 e. The smallest absolute Gasteiger partial charge is 0.330 e. The number of aromatic amines is 1. The van der Waals surface area contributed by atoms with Gasteiger partial charge in [0.15, 0.2) is 5.69 Å². The van der Waals surface area contributed by atoms with Crippen molar-refractivity contribution >= 4 is 17.4 Å². The molecule has 0 spiro atoms. The number of nitrogens with two attached hydrogens (primary N) is 1. The van der Waals surface area contributed by atoms with E-state index in [4.69, 9.17) is 5.73 Å². The summed E-state index contributed by atoms with van der Waals surface area (Å²) in [4.78, 5) is 42.6. The monoisotopic (exact) mass is 467 g/mol. The fourth-order valence-electron chi connectivity index (χ4n) is 5.85. The van der Waals surface area contributed by atoms with Gasteiger partial charge in [-0.2, -0.15) is 0 Å². The van der Waals surface area contributed by atoms with Crippen LogP contribution < -0.4 is 27.2 Å². The van der Waals surface area contributed by atoms with Gasteiger partial charge in [-0.15, -0.1) is 0 Å². The van der Waals surface area contributed by atoms with Crippen molar-refractivity contribution in [3.8, 4) is 0 Å². The molecule has 4 N–H and O–H groups in total. The lowest BCUT2D eigenvalue weighted by atomic mass is 9.84. The second-order valence-corrected chi connectivity index (χ2v) is 10.5. The molecule has 0 unspecified atom stereocenters. The van der Waals surface area contributed by atoms with Gasteiger partial charge < -0.3 is 16.0 Å². The quantitative estimate of drug-likeness (QED) is 0.525. The SMILES string of the molecule is CC(C)CN(C(=O)CN[C@@H](C)[C@@H]1C[C@@H]2CC[C@H]1C2)c1c(N)n(Cc2ccccc2)c(=O)[nH]c1=O. The molecule has 8 nitrogen and oxygen atoms in total. The Morgan fingerprint density at radius 3 is 2.53 bits per heavy atom. The van der Waals surface area contributed by atoms with Gasteiger partial charge in [-0.1, -0.05) is 50.6 Å². The van der Waals surface area contributed by atoms with E-state index in [0.29, 0.717) is 12.5 Å². The normalized spacial score (nSPS) is 22.3. The van der Waals surface area contributed by atoms with Crippen molar-refractivity contribution in [1.82, 2.24) is 14.9 Å². The van der Waals surface area contributed by atoms with Gasteiger partial charge in [0, 0.05) is 12.6 Å². The van der Waals surface area contributed by atoms with Gasteiger partial charge in [-0.3, -0.25) is 19.1 Å². The third-order valence-electron chi connectivity index (χ3n) is 7.53. The summed E-state index contributed by atoms with van der Waals surface area (Å²) in [7, 11) is 0. The summed E-state index contributed by atoms with van der Waals surface area (Å²) in [6.45, 7) is 6.79. The van der Waals surface area contributed by atoms with E-state index in [1.807, 2.05) is 44.2 Å². The van der Waals surface area contributed by atoms with E-state index in [1.54, 1.807) is 0 Å². The molecule has 0 aliphatic heterocycles. The van der Waals surface area contributed by atoms with Crippen molar-refractivity contribution < 1.29 is 4.79 Å². The van der Waals surface area contributed by atoms with Crippen LogP contribution in [0.2, 0.25) is 0 Å². The van der Waals surface area contributed by atoms with Crippen molar-refractivity contribution in [2.24, 2.45) is 23.7 Å². The summed E-state index contributed by atoms with van der Waals surface area (Å²) in [5.41, 5.74) is 6.07. The lowest BCUT2D eigenvalue weighted by Gasteiger charge is -2.30. The van der Waals surface area contributed by atoms with Crippen LogP contribution in [-0.2, 0) is 11.3 Å². The Morgan fingerprint density at radius 2 is 1.91 bits per heavy atom. The van der Waals surface area contributed by atoms with Crippen LogP contribution in [0.15, 0.2) is 39.9 Å². The molecule has 4 atom stereocenters. The van der Waals surface area contributed by atoms with Crippen LogP contribution in [0.4, 0.5) is 11.5 Å². The molecule has 2 saturated carbocycles. The van der Waals surface area contributed by atoms with Crippen molar-refractivity contribution in [1.29, 1.82) is 0 Å². The summed E-state index contributed by atoms with van der Waals surface area (Å²) >= 11 is 0. The van der Waals surface area contributed by atoms with Crippen LogP contribution in [-0.4, -0.2) is 34.6 Å². The number of amides is 1. The van der Waals surface area contributed by atoms with Crippen molar-refractivity contribution in [3.63, 3.8) is 0 Å². The van der Waals surface area contributed by atoms with Gasteiger partial charge in [-0.05, 0) is 55.4 Å². The Balaban J connectivity index is 1.56. The molecular weight excluding hydrogens is 430 g/mol. The molecule has 8 heteroatoms. The Kier molecular flexibility index (Phi) is 7.26. The summed E-state index contributed by atoms with van der Waals surface area (Å²) < 4.78 is 1.32. The second-order valence-electron chi connectivity index (χ2n) is 10.5. The molecule has 1 amide bonds. The number of carbonyl (C=O) groups excluding carboxylic acids is 1. The molecule has 0 saturated heterocycles. The molecule has 2 aliphatic rings. The minimum atomic E-state index is -0.637. The maximum absolute atomic E-state index is 13.4. The number of rotatable bonds is 9. The highest BCUT2D eigenvalue weighted by molar-refractivity contribution is 5.96. The topological polar surface area (TPSA) is 113 Å². The molecule has 1 aromatic carbocycles. The minimum absolute atomic E-state index is 0.00718. The second kappa shape index (κ2) is 10.2. The number of fused-ring (bicyclic) bond motifs is 2. The van der Waals surface area contributed by atoms with Gasteiger partial charge in [-0.25, -0.2) is 4.79 Å². The molecular formula is C26H37N5O3. The third-order valence-corrected chi connectivity index (χ3v) is 7.53. The zero-order chi connectivity index (χ0) is 24.4. The molecule has 34 heavy (non-hydrogen) atoms. The number of carbonyl (C=O) groups is 1. The van der Waals surface area contributed by atoms with Gasteiger partial charge >= 0.3 is 5.69 Å². The molecule has 4 rings (SSSR count). The van der Waals surface area contributed by atoms with Crippen molar-refractivity contribution in [2.45, 2.75) is 59.0 Å². The lowest BCUT2D eigenvalue weighted by Crippen LogP contribution is -2.48. The van der Waals surface area contributed by atoms with E-state index in [1.165, 1.54) is 35.2 Å². The number of nitrogen functional groups attached to an aromatic ring is 1. The van der Waals surface area contributed by atoms with Gasteiger partial charge in [0.05, 0.1) is 13.1 Å². The first-order chi connectivity index (χ1) is 16.2. The summed E-state index contributed by atoms with van der Waals surface area (Å²) in [5, 5.41) is 3.42. The standard InChI is InChI=1S/C26H37N5O3/c1-16(2)14-30(22(32)13-28-17(3)21-12-19-9-10-20(21)11-19)23-24(27)31(26(34)29-25(23)33)15-18-7-5-4-6-8-18/h4-8,16-17,19-21,28H,9-15,27H2,1-3H3,(H,29,33,34)/t17-,19+,20-,21-/m0/s1. The van der Waals surface area contributed by atoms with E-state index in [0.717, 1.165) is 17.4 Å². The molecule has 2 bridgehead atoms. The number of anilines is 2. The molecule has 1 heterocycles. The largest absolute Gasteiger partial charge is 0.383 e. The van der Waals surface area contributed by atoms with E-state index in [2.05, 4.69) is 17.2 Å². The third kappa shape index (κ3) is 5.12. The van der Waals surface area contributed by atoms with E-state index in [-0.39, 0.29) is 42.5 Å². The highest BCUT2D eigenvalue weighted by Crippen LogP contribution is 2.49. The summed E-state index contributed by atoms with van der Waals surface area (Å²) in [5.74, 6) is 2.11. The first-order valence-electron chi connectivity index (χ1n) is 12.4. The van der Waals surface area contributed by atoms with Crippen molar-refractivity contribution in [3.05, 3.63) is 56.7 Å². The number of hydrogen-bond acceptors (Lipinski definition) is 5. The Hall–Kier alpha value is -2.87. The predicted octanol–water partition coefficient (Wildman–Crippen LogP) is 2.57. The van der Waals surface area contributed by atoms with E-state index >= 15 is 0 Å². The predicted molar refractivity (Wildman–Crippen MR) is 135 cm³/mol. The number of benzene rings is 1. The van der Waals surface area contributed by atoms with Crippen molar-refractivity contribution in [2.75, 3.05) is 23.7 Å². The maximum Gasteiger partial charge on any atom is 0.330 e. The number of hydrogen-bond donors (Lipinski definition) is 3. The molecule has 2 aromatic rings. The summed E-state index contributed by atoms with van der Waals surface area (Å²) in [6.07, 6.45) is 5.19. The van der Waals surface area contributed by atoms with Crippen LogP contribution in [0.1, 0.15) is 52.0 Å². The average molecular weight is 468 g/mol. The first-order valence-corrected chi connectivity index (χ1v) is 12.4. The Bertz CT molecular complexity index is 1120. The molecule has 1 aromatic heterocycles. The van der Waals surface area contributed by atoms with Crippen LogP contribution in [0, 0.1) is 23.7 Å². The molecule has 2 aliphatic carbocycles. The molecule has 2 fully saturated rings. The van der Waals surface area contributed by atoms with Gasteiger partial charge in [0.25, 0.3) is 5.56 Å². The highest BCUT2D eigenvalue weighted by Gasteiger charge is 2.41. The fourth-order valence-corrected chi connectivity index (χ4v) is 5.85. The van der Waals surface area contributed by atoms with Crippen LogP contribution in [0.3, 0.4) is 0 Å². The van der Waals surface area contributed by atoms with Gasteiger partial charge in [0.2, 0.25) is 5.91 Å². The van der Waals surface area contributed by atoms with Crippen LogP contribution >= 0.6 is 0 Å². The average Bonchev–Trinajstić information content (AvgIpc) is 3.43. The number of aromatic nitrogens is 2. The summed E-state index contributed by atoms with van der Waals surface area (Å²) in [6, 6.07) is 9.65. The highest BCUT2D eigenvalue weighted by atomic mass is 16.2. The Morgan fingerprint density at radius 1 is 1.18 bits per heavy atom. The number of H-pyrrole nitrogens is 1. The van der Waals surface area contributed by atoms with E-state index < -0.39 is 11.2 Å². The number of nitrogens with one attached hydrogen (secondary N) is 2. The first kappa shape index (κ1) is 24.3. The fraction of sp³-hybridized carbons (Fsp3) is 0.577. The zero-order valence-corrected chi connectivity index (χ0v) is 20.4. The van der Waals surface area contributed by atoms with Gasteiger partial charge in [0.1, 0.15) is 5.82 Å². The zero-order valence-electron chi connectivity index (χ0n) is 20.4. The molecule has 0 radical (unpaired) electrons. The lowest BCUT2D eigenvalue weighted by molar-refractivity contribution is -0.118. The molecule has 184 valence electrons.